The highest BCUT2D eigenvalue weighted by atomic mass is 31.2. The average Bonchev–Trinajstić information content (AvgIpc) is 2.65. The Hall–Kier alpha value is 0.980. The van der Waals surface area contributed by atoms with Gasteiger partial charge >= 0.3 is 31.3 Å². The van der Waals surface area contributed by atoms with Crippen LogP contribution in [0, 0.1) is 0 Å². The number of phosphoric acid groups is 4. The minimum absolute atomic E-state index is 1.53. The molecule has 216 valence electrons. The van der Waals surface area contributed by atoms with Crippen LogP contribution in [0.15, 0.2) is 0 Å². The third kappa shape index (κ3) is 13.4. The van der Waals surface area contributed by atoms with E-state index in [0.717, 1.165) is 0 Å². The first-order valence-corrected chi connectivity index (χ1v) is 15.7. The van der Waals surface area contributed by atoms with E-state index in [4.69, 9.17) is 19.6 Å². The SMILES string of the molecule is O=P(O)(O)OC1C(OPOOO)C(OPOOO)C(OP(=O)(O)O)C(OP(=O)(O)O)C1OP(=O)(O)O. The van der Waals surface area contributed by atoms with E-state index in [0.29, 0.717) is 0 Å². The van der Waals surface area contributed by atoms with Crippen LogP contribution >= 0.6 is 49.4 Å². The molecule has 0 radical (unpaired) electrons. The van der Waals surface area contributed by atoms with Crippen molar-refractivity contribution in [1.82, 2.24) is 0 Å². The fraction of sp³-hybridized carbons (Fsp3) is 1.00. The first kappa shape index (κ1) is 35.0. The maximum Gasteiger partial charge on any atom is 0.470 e. The second kappa shape index (κ2) is 14.6. The summed E-state index contributed by atoms with van der Waals surface area (Å²) in [4.78, 5) is 74.1. The van der Waals surface area contributed by atoms with Crippen molar-refractivity contribution in [3.8, 4) is 0 Å². The van der Waals surface area contributed by atoms with Gasteiger partial charge in [0.15, 0.2) is 18.1 Å². The van der Waals surface area contributed by atoms with Crippen LogP contribution in [0.5, 0.6) is 0 Å². The Labute approximate surface area is 201 Å². The zero-order chi connectivity index (χ0) is 27.9. The third-order valence-corrected chi connectivity index (χ3v) is 6.58. The monoisotopic (exact) mass is 660 g/mol. The molecular weight excluding hydrogens is 642 g/mol. The smallest absolute Gasteiger partial charge is 0.325 e. The second-order valence-electron chi connectivity index (χ2n) is 5.89. The standard InChI is InChI=1S/C6H18O24P6/c7-27-29-31-21-1-2(22-32-30-28-8)4(24-34(12,13)14)6(26-36(18,19)20)5(25-35(15,16)17)3(1)23-33(9,10)11/h1-8,31-32H,(H2,9,10,11)(H2,12,13,14)(H2,15,16,17)(H2,18,19,20). The molecule has 0 aromatic rings. The van der Waals surface area contributed by atoms with Crippen LogP contribution in [0.1, 0.15) is 0 Å². The average molecular weight is 660 g/mol. The largest absolute Gasteiger partial charge is 0.470 e. The summed E-state index contributed by atoms with van der Waals surface area (Å²) >= 11 is 0. The molecule has 1 aliphatic carbocycles. The summed E-state index contributed by atoms with van der Waals surface area (Å²) in [5.74, 6) is 0. The van der Waals surface area contributed by atoms with Crippen LogP contribution < -0.4 is 0 Å². The Balaban J connectivity index is 3.80. The molecule has 0 saturated heterocycles. The lowest BCUT2D eigenvalue weighted by molar-refractivity contribution is -0.439. The molecule has 1 aliphatic rings. The van der Waals surface area contributed by atoms with Crippen LogP contribution in [0.2, 0.25) is 0 Å². The van der Waals surface area contributed by atoms with Crippen LogP contribution in [0.25, 0.3) is 0 Å². The Morgan fingerprint density at radius 1 is 0.444 bits per heavy atom. The fourth-order valence-corrected chi connectivity index (χ4v) is 5.81. The van der Waals surface area contributed by atoms with Gasteiger partial charge in [0.2, 0.25) is 0 Å². The first-order chi connectivity index (χ1) is 16.3. The summed E-state index contributed by atoms with van der Waals surface area (Å²) < 4.78 is 81.4. The molecular formula is C6H18O24P6. The van der Waals surface area contributed by atoms with Crippen molar-refractivity contribution in [3.63, 3.8) is 0 Å². The van der Waals surface area contributed by atoms with E-state index < -0.39 is 86.0 Å². The maximum absolute atomic E-state index is 11.6. The lowest BCUT2D eigenvalue weighted by atomic mass is 9.85. The molecule has 1 fully saturated rings. The van der Waals surface area contributed by atoms with E-state index in [1.54, 1.807) is 0 Å². The van der Waals surface area contributed by atoms with E-state index in [1.165, 1.54) is 0 Å². The Kier molecular flexibility index (Phi) is 14.2. The number of rotatable bonds is 16. The van der Waals surface area contributed by atoms with Crippen molar-refractivity contribution in [2.24, 2.45) is 0 Å². The highest BCUT2D eigenvalue weighted by Crippen LogP contribution is 2.54. The van der Waals surface area contributed by atoms with E-state index in [9.17, 15) is 57.4 Å². The highest BCUT2D eigenvalue weighted by molar-refractivity contribution is 7.47. The van der Waals surface area contributed by atoms with Crippen molar-refractivity contribution in [1.29, 1.82) is 0 Å². The summed E-state index contributed by atoms with van der Waals surface area (Å²) in [6.07, 6.45) is -15.4. The highest BCUT2D eigenvalue weighted by Gasteiger charge is 2.60. The maximum atomic E-state index is 11.6. The summed E-state index contributed by atoms with van der Waals surface area (Å²) in [5.41, 5.74) is 0. The summed E-state index contributed by atoms with van der Waals surface area (Å²) in [6.45, 7) is 0. The molecule has 1 saturated carbocycles. The van der Waals surface area contributed by atoms with Gasteiger partial charge in [0.25, 0.3) is 0 Å². The Morgan fingerprint density at radius 3 is 0.861 bits per heavy atom. The molecule has 36 heavy (non-hydrogen) atoms. The molecule has 0 aliphatic heterocycles. The van der Waals surface area contributed by atoms with Crippen LogP contribution in [-0.2, 0) is 64.8 Å². The number of hydrogen-bond donors (Lipinski definition) is 10. The van der Waals surface area contributed by atoms with Gasteiger partial charge in [-0.3, -0.25) is 18.1 Å². The van der Waals surface area contributed by atoms with Crippen molar-refractivity contribution in [2.45, 2.75) is 36.6 Å². The number of phosphoric ester groups is 4. The van der Waals surface area contributed by atoms with Crippen molar-refractivity contribution >= 4 is 49.4 Å². The molecule has 0 bridgehead atoms. The van der Waals surface area contributed by atoms with Crippen LogP contribution in [0.3, 0.4) is 0 Å². The zero-order valence-electron chi connectivity index (χ0n) is 16.4. The lowest BCUT2D eigenvalue weighted by Gasteiger charge is -2.48. The predicted molar refractivity (Wildman–Crippen MR) is 104 cm³/mol. The van der Waals surface area contributed by atoms with E-state index in [1.807, 2.05) is 0 Å². The van der Waals surface area contributed by atoms with E-state index in [-0.39, 0.29) is 0 Å². The van der Waals surface area contributed by atoms with Gasteiger partial charge in [0.1, 0.15) is 36.6 Å². The summed E-state index contributed by atoms with van der Waals surface area (Å²) in [7, 11) is -26.1. The molecule has 0 spiro atoms. The molecule has 10 N–H and O–H groups in total. The molecule has 1 rings (SSSR count). The van der Waals surface area contributed by atoms with Gasteiger partial charge in [0, 0.05) is 0 Å². The van der Waals surface area contributed by atoms with Gasteiger partial charge in [0.05, 0.1) is 0 Å². The van der Waals surface area contributed by atoms with E-state index in [2.05, 4.69) is 37.5 Å². The molecule has 0 heterocycles. The van der Waals surface area contributed by atoms with Crippen molar-refractivity contribution in [3.05, 3.63) is 0 Å². The minimum Gasteiger partial charge on any atom is -0.325 e. The quantitative estimate of drug-likeness (QED) is 0.0391. The molecule has 8 unspecified atom stereocenters. The van der Waals surface area contributed by atoms with Gasteiger partial charge < -0.3 is 48.2 Å². The molecule has 30 heteroatoms. The molecule has 0 aromatic carbocycles. The van der Waals surface area contributed by atoms with Crippen LogP contribution in [-0.4, -0.2) is 86.3 Å². The van der Waals surface area contributed by atoms with Gasteiger partial charge in [-0.25, -0.2) is 28.8 Å². The molecule has 24 nitrogen and oxygen atoms in total. The Morgan fingerprint density at radius 2 is 0.667 bits per heavy atom. The minimum atomic E-state index is -5.80. The molecule has 0 amide bonds. The third-order valence-electron chi connectivity index (χ3n) is 3.49. The lowest BCUT2D eigenvalue weighted by Crippen LogP contribution is -2.66. The van der Waals surface area contributed by atoms with Crippen molar-refractivity contribution < 1.29 is 114 Å². The summed E-state index contributed by atoms with van der Waals surface area (Å²) in [6, 6.07) is 0. The van der Waals surface area contributed by atoms with E-state index >= 15 is 0 Å². The normalized spacial score (nSPS) is 29.1. The zero-order valence-corrected chi connectivity index (χ0v) is 22.0. The van der Waals surface area contributed by atoms with Gasteiger partial charge in [-0.1, -0.05) is 10.1 Å². The van der Waals surface area contributed by atoms with Gasteiger partial charge in [-0.05, 0) is 0 Å². The first-order valence-electron chi connectivity index (χ1n) is 7.99. The fourth-order valence-electron chi connectivity index (χ4n) is 2.68. The summed E-state index contributed by atoms with van der Waals surface area (Å²) in [5, 5.41) is 23.0. The van der Waals surface area contributed by atoms with Crippen molar-refractivity contribution in [2.75, 3.05) is 0 Å². The Bertz CT molecular complexity index is 785. The topological polar surface area (TPSA) is 363 Å². The van der Waals surface area contributed by atoms with Gasteiger partial charge in [-0.15, -0.1) is 0 Å². The number of hydrogen-bond acceptors (Lipinski definition) is 16. The van der Waals surface area contributed by atoms with Crippen LogP contribution in [0.4, 0.5) is 0 Å². The van der Waals surface area contributed by atoms with Gasteiger partial charge in [-0.2, -0.15) is 9.35 Å². The molecule has 0 aromatic heterocycles. The molecule has 8 atom stereocenters. The predicted octanol–water partition coefficient (Wildman–Crippen LogP) is -1.46. The second-order valence-corrected chi connectivity index (χ2v) is 11.8.